The highest BCUT2D eigenvalue weighted by Gasteiger charge is 2.47. The Morgan fingerprint density at radius 3 is 2.50 bits per heavy atom. The van der Waals surface area contributed by atoms with E-state index in [0.29, 0.717) is 28.6 Å². The number of rotatable bonds is 6. The van der Waals surface area contributed by atoms with Crippen molar-refractivity contribution >= 4 is 46.1 Å². The molecule has 1 amide bonds. The summed E-state index contributed by atoms with van der Waals surface area (Å²) in [5, 5.41) is 13.7. The van der Waals surface area contributed by atoms with Crippen molar-refractivity contribution in [1.82, 2.24) is 0 Å². The fourth-order valence-electron chi connectivity index (χ4n) is 4.29. The maximum absolute atomic E-state index is 13.2. The molecule has 0 bridgehead atoms. The molecule has 5 rings (SSSR count). The number of hydrogen-bond donors (Lipinski definition) is 1. The fraction of sp³-hybridized carbons (Fsp3) is 0.103. The number of aliphatic hydroxyl groups excluding tert-OH is 1. The maximum atomic E-state index is 13.2. The Kier molecular flexibility index (Phi) is 6.63. The largest absolute Gasteiger partial charge is 0.507 e. The molecule has 180 valence electrons. The summed E-state index contributed by atoms with van der Waals surface area (Å²) in [6, 6.07) is 24.8. The minimum absolute atomic E-state index is 0.0415. The van der Waals surface area contributed by atoms with Crippen molar-refractivity contribution in [2.45, 2.75) is 19.6 Å². The van der Waals surface area contributed by atoms with Gasteiger partial charge in [-0.25, -0.2) is 0 Å². The van der Waals surface area contributed by atoms with Crippen LogP contribution in [0.25, 0.3) is 5.76 Å². The number of halogens is 1. The number of ketones is 1. The zero-order chi connectivity index (χ0) is 25.2. The third-order valence-corrected chi connectivity index (χ3v) is 7.19. The summed E-state index contributed by atoms with van der Waals surface area (Å²) in [7, 11) is 0. The third-order valence-electron chi connectivity index (χ3n) is 6.03. The van der Waals surface area contributed by atoms with Crippen LogP contribution in [0.3, 0.4) is 0 Å². The first-order valence-corrected chi connectivity index (χ1v) is 12.6. The van der Waals surface area contributed by atoms with Gasteiger partial charge < -0.3 is 9.84 Å². The van der Waals surface area contributed by atoms with Crippen LogP contribution in [-0.2, 0) is 16.2 Å². The lowest BCUT2D eigenvalue weighted by Crippen LogP contribution is -2.29. The van der Waals surface area contributed by atoms with Gasteiger partial charge >= 0.3 is 0 Å². The monoisotopic (exact) mass is 515 g/mol. The van der Waals surface area contributed by atoms with Crippen LogP contribution in [0.5, 0.6) is 5.75 Å². The standard InChI is InChI=1S/C29H22ClNO4S/c1-18-15-20(12-13-23(18)35-17-19-7-3-2-4-8-19)27(32)25-26(24-11-6-14-36-24)31(29(34)28(25)33)22-10-5-9-21(30)16-22/h2-16,26,32H,17H2,1H3/b27-25-. The Labute approximate surface area is 217 Å². The summed E-state index contributed by atoms with van der Waals surface area (Å²) < 4.78 is 5.95. The molecule has 1 N–H and O–H groups in total. The SMILES string of the molecule is Cc1cc(/C(O)=C2/C(=O)C(=O)N(c3cccc(Cl)c3)C2c2cccs2)ccc1OCc1ccccc1. The molecular weight excluding hydrogens is 494 g/mol. The molecule has 0 radical (unpaired) electrons. The zero-order valence-corrected chi connectivity index (χ0v) is 20.9. The number of aliphatic hydroxyl groups is 1. The molecule has 1 unspecified atom stereocenters. The number of Topliss-reactive ketones (excluding diaryl/α,β-unsaturated/α-hetero) is 1. The quantitative estimate of drug-likeness (QED) is 0.172. The Balaban J connectivity index is 1.53. The van der Waals surface area contributed by atoms with Crippen molar-refractivity contribution in [2.75, 3.05) is 4.90 Å². The lowest BCUT2D eigenvalue weighted by Gasteiger charge is -2.24. The van der Waals surface area contributed by atoms with Crippen molar-refractivity contribution in [2.24, 2.45) is 0 Å². The van der Waals surface area contributed by atoms with Gasteiger partial charge in [-0.15, -0.1) is 11.3 Å². The average molecular weight is 516 g/mol. The highest BCUT2D eigenvalue weighted by atomic mass is 35.5. The third kappa shape index (κ3) is 4.53. The van der Waals surface area contributed by atoms with Crippen molar-refractivity contribution in [3.63, 3.8) is 0 Å². The second-order valence-electron chi connectivity index (χ2n) is 8.42. The zero-order valence-electron chi connectivity index (χ0n) is 19.4. The van der Waals surface area contributed by atoms with Gasteiger partial charge in [0.1, 0.15) is 24.2 Å². The number of nitrogens with zero attached hydrogens (tertiary/aromatic N) is 1. The predicted molar refractivity (Wildman–Crippen MR) is 143 cm³/mol. The molecule has 1 fully saturated rings. The van der Waals surface area contributed by atoms with Crippen LogP contribution in [0, 0.1) is 6.92 Å². The number of thiophene rings is 1. The molecule has 0 saturated carbocycles. The number of benzene rings is 3. The van der Waals surface area contributed by atoms with Crippen molar-refractivity contribution in [3.8, 4) is 5.75 Å². The Morgan fingerprint density at radius 1 is 1.00 bits per heavy atom. The number of ether oxygens (including phenoxy) is 1. The number of anilines is 1. The summed E-state index contributed by atoms with van der Waals surface area (Å²) in [6.45, 7) is 2.29. The lowest BCUT2D eigenvalue weighted by atomic mass is 9.98. The maximum Gasteiger partial charge on any atom is 0.300 e. The van der Waals surface area contributed by atoms with E-state index in [2.05, 4.69) is 0 Å². The van der Waals surface area contributed by atoms with Gasteiger partial charge in [0.15, 0.2) is 0 Å². The minimum Gasteiger partial charge on any atom is -0.507 e. The summed E-state index contributed by atoms with van der Waals surface area (Å²) in [4.78, 5) is 28.6. The topological polar surface area (TPSA) is 66.8 Å². The highest BCUT2D eigenvalue weighted by molar-refractivity contribution is 7.10. The van der Waals surface area contributed by atoms with Crippen LogP contribution in [0.1, 0.15) is 27.6 Å². The molecule has 0 spiro atoms. The molecule has 1 aliphatic heterocycles. The van der Waals surface area contributed by atoms with Crippen LogP contribution in [0.4, 0.5) is 5.69 Å². The summed E-state index contributed by atoms with van der Waals surface area (Å²) >= 11 is 7.59. The second-order valence-corrected chi connectivity index (χ2v) is 9.83. The summed E-state index contributed by atoms with van der Waals surface area (Å²) in [5.74, 6) is -1.01. The molecule has 0 aliphatic carbocycles. The smallest absolute Gasteiger partial charge is 0.300 e. The number of carbonyl (C=O) groups is 2. The molecule has 1 aromatic heterocycles. The molecule has 1 aliphatic rings. The first-order valence-electron chi connectivity index (χ1n) is 11.3. The average Bonchev–Trinajstić information content (AvgIpc) is 3.50. The van der Waals surface area contributed by atoms with Crippen molar-refractivity contribution in [1.29, 1.82) is 0 Å². The number of aryl methyl sites for hydroxylation is 1. The van der Waals surface area contributed by atoms with Crippen molar-refractivity contribution < 1.29 is 19.4 Å². The molecule has 5 nitrogen and oxygen atoms in total. The van der Waals surface area contributed by atoms with E-state index in [1.807, 2.05) is 54.8 Å². The second kappa shape index (κ2) is 10.0. The molecule has 3 aromatic carbocycles. The fourth-order valence-corrected chi connectivity index (χ4v) is 5.30. The molecule has 7 heteroatoms. The van der Waals surface area contributed by atoms with E-state index >= 15 is 0 Å². The van der Waals surface area contributed by atoms with E-state index in [1.165, 1.54) is 16.2 Å². The Morgan fingerprint density at radius 2 is 1.81 bits per heavy atom. The van der Waals surface area contributed by atoms with Crippen LogP contribution in [0.15, 0.2) is 95.9 Å². The number of amides is 1. The normalized spacial score (nSPS) is 16.9. The summed E-state index contributed by atoms with van der Waals surface area (Å²) in [5.41, 5.74) is 2.81. The molecule has 36 heavy (non-hydrogen) atoms. The van der Waals surface area contributed by atoms with E-state index in [0.717, 1.165) is 16.0 Å². The first-order chi connectivity index (χ1) is 17.4. The number of hydrogen-bond acceptors (Lipinski definition) is 5. The number of carbonyl (C=O) groups excluding carboxylic acids is 2. The predicted octanol–water partition coefficient (Wildman–Crippen LogP) is 6.92. The van der Waals surface area contributed by atoms with Gasteiger partial charge in [-0.2, -0.15) is 0 Å². The van der Waals surface area contributed by atoms with E-state index in [9.17, 15) is 14.7 Å². The first kappa shape index (κ1) is 23.9. The van der Waals surface area contributed by atoms with Crippen LogP contribution in [-0.4, -0.2) is 16.8 Å². The van der Waals surface area contributed by atoms with Gasteiger partial charge in [-0.05, 0) is 65.9 Å². The van der Waals surface area contributed by atoms with Gasteiger partial charge in [0.2, 0.25) is 0 Å². The molecule has 4 aromatic rings. The van der Waals surface area contributed by atoms with Crippen LogP contribution in [0.2, 0.25) is 5.02 Å². The molecule has 2 heterocycles. The van der Waals surface area contributed by atoms with Gasteiger partial charge in [0, 0.05) is 21.2 Å². The Bertz CT molecular complexity index is 1460. The molecular formula is C29H22ClNO4S. The molecule has 1 atom stereocenters. The van der Waals surface area contributed by atoms with Gasteiger partial charge in [0.25, 0.3) is 11.7 Å². The highest BCUT2D eigenvalue weighted by Crippen LogP contribution is 2.44. The van der Waals surface area contributed by atoms with Gasteiger partial charge in [-0.3, -0.25) is 14.5 Å². The van der Waals surface area contributed by atoms with Crippen LogP contribution >= 0.6 is 22.9 Å². The minimum atomic E-state index is -0.766. The van der Waals surface area contributed by atoms with Crippen molar-refractivity contribution in [3.05, 3.63) is 122 Å². The van der Waals surface area contributed by atoms with E-state index in [1.54, 1.807) is 42.5 Å². The Hall–Kier alpha value is -3.87. The lowest BCUT2D eigenvalue weighted by molar-refractivity contribution is -0.132. The van der Waals surface area contributed by atoms with E-state index in [4.69, 9.17) is 16.3 Å². The van der Waals surface area contributed by atoms with Gasteiger partial charge in [-0.1, -0.05) is 54.1 Å². The van der Waals surface area contributed by atoms with E-state index in [-0.39, 0.29) is 11.3 Å². The van der Waals surface area contributed by atoms with E-state index < -0.39 is 17.7 Å². The van der Waals surface area contributed by atoms with Gasteiger partial charge in [0.05, 0.1) is 5.57 Å². The van der Waals surface area contributed by atoms with Crippen LogP contribution < -0.4 is 9.64 Å². The summed E-state index contributed by atoms with van der Waals surface area (Å²) in [6.07, 6.45) is 0. The molecule has 1 saturated heterocycles.